The molecule has 1 heterocycles. The average molecular weight is 179 g/mol. The molecule has 0 amide bonds. The number of nitrogen functional groups attached to an aromatic ring is 1. The van der Waals surface area contributed by atoms with Crippen LogP contribution in [0, 0.1) is 12.8 Å². The molecule has 0 radical (unpaired) electrons. The van der Waals surface area contributed by atoms with Gasteiger partial charge in [-0.1, -0.05) is 19.3 Å². The molecule has 0 aliphatic heterocycles. The minimum atomic E-state index is 0.814. The van der Waals surface area contributed by atoms with Crippen LogP contribution in [0.15, 0.2) is 6.20 Å². The quantitative estimate of drug-likeness (QED) is 0.770. The second-order valence-electron chi connectivity index (χ2n) is 3.99. The van der Waals surface area contributed by atoms with Crippen molar-refractivity contribution in [3.8, 4) is 0 Å². The van der Waals surface area contributed by atoms with Crippen LogP contribution in [0.1, 0.15) is 31.4 Å². The normalized spacial score (nSPS) is 17.3. The van der Waals surface area contributed by atoms with Gasteiger partial charge in [0, 0.05) is 6.54 Å². The Morgan fingerprint density at radius 1 is 1.62 bits per heavy atom. The zero-order chi connectivity index (χ0) is 9.26. The van der Waals surface area contributed by atoms with Gasteiger partial charge in [0.1, 0.15) is 0 Å². The van der Waals surface area contributed by atoms with Gasteiger partial charge in [-0.3, -0.25) is 4.68 Å². The standard InChI is InChI=1S/C10H17N3/c1-8-10(11)7-12-13(8)6-5-9-3-2-4-9/h7,9H,2-6,11H2,1H3. The summed E-state index contributed by atoms with van der Waals surface area (Å²) in [5, 5.41) is 4.24. The van der Waals surface area contributed by atoms with E-state index in [-0.39, 0.29) is 0 Å². The van der Waals surface area contributed by atoms with E-state index in [9.17, 15) is 0 Å². The lowest BCUT2D eigenvalue weighted by atomic mass is 9.83. The molecule has 0 unspecified atom stereocenters. The summed E-state index contributed by atoms with van der Waals surface area (Å²) in [6, 6.07) is 0. The zero-order valence-electron chi connectivity index (χ0n) is 8.16. The molecule has 0 atom stereocenters. The summed E-state index contributed by atoms with van der Waals surface area (Å²) in [6.45, 7) is 3.07. The first-order valence-electron chi connectivity index (χ1n) is 5.05. The molecule has 0 spiro atoms. The molecule has 1 saturated carbocycles. The van der Waals surface area contributed by atoms with Crippen molar-refractivity contribution >= 4 is 5.69 Å². The summed E-state index contributed by atoms with van der Waals surface area (Å²) in [5.41, 5.74) is 7.63. The van der Waals surface area contributed by atoms with E-state index in [4.69, 9.17) is 5.73 Å². The first kappa shape index (κ1) is 8.60. The summed E-state index contributed by atoms with van der Waals surface area (Å²) in [5.74, 6) is 0.949. The van der Waals surface area contributed by atoms with Crippen molar-refractivity contribution in [3.63, 3.8) is 0 Å². The molecule has 3 heteroatoms. The van der Waals surface area contributed by atoms with Crippen LogP contribution in [-0.2, 0) is 6.54 Å². The van der Waals surface area contributed by atoms with E-state index in [2.05, 4.69) is 5.10 Å². The highest BCUT2D eigenvalue weighted by atomic mass is 15.3. The number of anilines is 1. The van der Waals surface area contributed by atoms with Crippen molar-refractivity contribution in [1.29, 1.82) is 0 Å². The summed E-state index contributed by atoms with van der Waals surface area (Å²) >= 11 is 0. The highest BCUT2D eigenvalue weighted by molar-refractivity contribution is 5.39. The Bertz CT molecular complexity index is 286. The van der Waals surface area contributed by atoms with Crippen molar-refractivity contribution in [3.05, 3.63) is 11.9 Å². The third-order valence-electron chi connectivity index (χ3n) is 3.12. The van der Waals surface area contributed by atoms with Gasteiger partial charge in [-0.2, -0.15) is 5.10 Å². The summed E-state index contributed by atoms with van der Waals surface area (Å²) < 4.78 is 2.02. The maximum Gasteiger partial charge on any atom is 0.0730 e. The monoisotopic (exact) mass is 179 g/mol. The third-order valence-corrected chi connectivity index (χ3v) is 3.12. The van der Waals surface area contributed by atoms with Crippen molar-refractivity contribution in [2.24, 2.45) is 5.92 Å². The Morgan fingerprint density at radius 2 is 2.38 bits per heavy atom. The van der Waals surface area contributed by atoms with Gasteiger partial charge in [0.25, 0.3) is 0 Å². The molecule has 2 N–H and O–H groups in total. The van der Waals surface area contributed by atoms with E-state index in [1.165, 1.54) is 25.7 Å². The van der Waals surface area contributed by atoms with Crippen molar-refractivity contribution in [2.45, 2.75) is 39.2 Å². The number of rotatable bonds is 3. The Hall–Kier alpha value is -0.990. The van der Waals surface area contributed by atoms with Crippen LogP contribution in [0.2, 0.25) is 0 Å². The number of nitrogens with two attached hydrogens (primary N) is 1. The maximum absolute atomic E-state index is 5.71. The lowest BCUT2D eigenvalue weighted by Crippen LogP contribution is -2.15. The zero-order valence-corrected chi connectivity index (χ0v) is 8.16. The van der Waals surface area contributed by atoms with Crippen molar-refractivity contribution in [2.75, 3.05) is 5.73 Å². The predicted molar refractivity (Wildman–Crippen MR) is 53.3 cm³/mol. The van der Waals surface area contributed by atoms with Crippen molar-refractivity contribution < 1.29 is 0 Å². The van der Waals surface area contributed by atoms with Crippen LogP contribution >= 0.6 is 0 Å². The minimum absolute atomic E-state index is 0.814. The Kier molecular flexibility index (Phi) is 2.25. The lowest BCUT2D eigenvalue weighted by Gasteiger charge is -2.25. The molecule has 1 aromatic rings. The second kappa shape index (κ2) is 3.40. The molecule has 1 aliphatic carbocycles. The van der Waals surface area contributed by atoms with Crippen LogP contribution in [0.3, 0.4) is 0 Å². The Morgan fingerprint density at radius 3 is 2.85 bits per heavy atom. The van der Waals surface area contributed by atoms with Gasteiger partial charge in [-0.25, -0.2) is 0 Å². The number of aromatic nitrogens is 2. The highest BCUT2D eigenvalue weighted by Gasteiger charge is 2.17. The van der Waals surface area contributed by atoms with E-state index in [1.807, 2.05) is 11.6 Å². The van der Waals surface area contributed by atoms with Crippen LogP contribution < -0.4 is 5.73 Å². The highest BCUT2D eigenvalue weighted by Crippen LogP contribution is 2.29. The molecule has 3 nitrogen and oxygen atoms in total. The third kappa shape index (κ3) is 1.69. The molecule has 2 rings (SSSR count). The van der Waals surface area contributed by atoms with Gasteiger partial charge >= 0.3 is 0 Å². The van der Waals surface area contributed by atoms with Crippen LogP contribution in [0.5, 0.6) is 0 Å². The fourth-order valence-electron chi connectivity index (χ4n) is 1.77. The summed E-state index contributed by atoms with van der Waals surface area (Å²) in [6.07, 6.45) is 7.26. The molecule has 13 heavy (non-hydrogen) atoms. The molecule has 1 aliphatic rings. The number of hydrogen-bond acceptors (Lipinski definition) is 2. The van der Waals surface area contributed by atoms with Crippen molar-refractivity contribution in [1.82, 2.24) is 9.78 Å². The maximum atomic E-state index is 5.71. The van der Waals surface area contributed by atoms with Gasteiger partial charge in [0.2, 0.25) is 0 Å². The fraction of sp³-hybridized carbons (Fsp3) is 0.700. The molecule has 72 valence electrons. The SMILES string of the molecule is Cc1c(N)cnn1CCC1CCC1. The molecule has 0 saturated heterocycles. The van der Waals surface area contributed by atoms with E-state index < -0.39 is 0 Å². The van der Waals surface area contributed by atoms with Crippen LogP contribution in [-0.4, -0.2) is 9.78 Å². The predicted octanol–water partition coefficient (Wildman–Crippen LogP) is 1.96. The van der Waals surface area contributed by atoms with E-state index in [0.717, 1.165) is 23.8 Å². The van der Waals surface area contributed by atoms with Gasteiger partial charge in [-0.15, -0.1) is 0 Å². The molecule has 0 aromatic carbocycles. The molecular weight excluding hydrogens is 162 g/mol. The Labute approximate surface area is 78.9 Å². The number of hydrogen-bond donors (Lipinski definition) is 1. The van der Waals surface area contributed by atoms with Gasteiger partial charge < -0.3 is 5.73 Å². The first-order valence-corrected chi connectivity index (χ1v) is 5.05. The van der Waals surface area contributed by atoms with E-state index in [1.54, 1.807) is 6.20 Å². The van der Waals surface area contributed by atoms with Crippen LogP contribution in [0.25, 0.3) is 0 Å². The Balaban J connectivity index is 1.89. The number of aryl methyl sites for hydroxylation is 1. The number of nitrogens with zero attached hydrogens (tertiary/aromatic N) is 2. The van der Waals surface area contributed by atoms with Gasteiger partial charge in [0.15, 0.2) is 0 Å². The molecule has 1 fully saturated rings. The largest absolute Gasteiger partial charge is 0.396 e. The minimum Gasteiger partial charge on any atom is -0.396 e. The van der Waals surface area contributed by atoms with E-state index in [0.29, 0.717) is 0 Å². The molecular formula is C10H17N3. The van der Waals surface area contributed by atoms with Gasteiger partial charge in [-0.05, 0) is 19.3 Å². The van der Waals surface area contributed by atoms with Gasteiger partial charge in [0.05, 0.1) is 17.6 Å². The molecule has 1 aromatic heterocycles. The van der Waals surface area contributed by atoms with E-state index >= 15 is 0 Å². The summed E-state index contributed by atoms with van der Waals surface area (Å²) in [4.78, 5) is 0. The first-order chi connectivity index (χ1) is 6.27. The lowest BCUT2D eigenvalue weighted by molar-refractivity contribution is 0.277. The topological polar surface area (TPSA) is 43.8 Å². The average Bonchev–Trinajstić information content (AvgIpc) is 2.33. The molecule has 0 bridgehead atoms. The van der Waals surface area contributed by atoms with Crippen LogP contribution in [0.4, 0.5) is 5.69 Å². The summed E-state index contributed by atoms with van der Waals surface area (Å²) in [7, 11) is 0. The smallest absolute Gasteiger partial charge is 0.0730 e. The fourth-order valence-corrected chi connectivity index (χ4v) is 1.77. The second-order valence-corrected chi connectivity index (χ2v) is 3.99.